The van der Waals surface area contributed by atoms with Gasteiger partial charge < -0.3 is 5.73 Å². The molecule has 2 N–H and O–H groups in total. The molecule has 20 heavy (non-hydrogen) atoms. The number of benzene rings is 1. The molecule has 0 aliphatic carbocycles. The maximum atomic E-state index is 12.1. The second-order valence-electron chi connectivity index (χ2n) is 3.55. The molecule has 0 spiro atoms. The fourth-order valence-electron chi connectivity index (χ4n) is 1.30. The standard InChI is InChI=1S/C10H6F3N3O4/c11-10(12,13)8(17)19-16-7(15-9(18)20-16)5-2-1-3-6(14)4-5/h1-4H,14H2. The van der Waals surface area contributed by atoms with Crippen LogP contribution in [0.1, 0.15) is 0 Å². The summed E-state index contributed by atoms with van der Waals surface area (Å²) < 4.78 is 40.5. The molecule has 10 heteroatoms. The number of alkyl halides is 3. The largest absolute Gasteiger partial charge is 0.493 e. The van der Waals surface area contributed by atoms with E-state index in [9.17, 15) is 22.8 Å². The van der Waals surface area contributed by atoms with Gasteiger partial charge in [-0.1, -0.05) is 12.1 Å². The number of anilines is 1. The van der Waals surface area contributed by atoms with Gasteiger partial charge in [0.05, 0.1) is 0 Å². The molecule has 1 heterocycles. The van der Waals surface area contributed by atoms with Crippen LogP contribution in [0.5, 0.6) is 0 Å². The predicted octanol–water partition coefficient (Wildman–Crippen LogP) is 0.603. The lowest BCUT2D eigenvalue weighted by Crippen LogP contribution is -2.33. The van der Waals surface area contributed by atoms with Crippen LogP contribution in [0.25, 0.3) is 11.4 Å². The fraction of sp³-hybridized carbons (Fsp3) is 0.100. The Labute approximate surface area is 108 Å². The van der Waals surface area contributed by atoms with E-state index in [2.05, 4.69) is 14.3 Å². The predicted molar refractivity (Wildman–Crippen MR) is 58.3 cm³/mol. The van der Waals surface area contributed by atoms with Crippen LogP contribution < -0.4 is 16.3 Å². The zero-order valence-electron chi connectivity index (χ0n) is 9.55. The molecule has 0 aliphatic heterocycles. The van der Waals surface area contributed by atoms with Crippen molar-refractivity contribution >= 4 is 11.7 Å². The topological polar surface area (TPSA) is 100 Å². The first-order valence-corrected chi connectivity index (χ1v) is 5.03. The van der Waals surface area contributed by atoms with Crippen molar-refractivity contribution < 1.29 is 27.3 Å². The lowest BCUT2D eigenvalue weighted by molar-refractivity contribution is -0.208. The highest BCUT2D eigenvalue weighted by molar-refractivity contribution is 5.76. The van der Waals surface area contributed by atoms with E-state index in [0.717, 1.165) is 0 Å². The van der Waals surface area contributed by atoms with Crippen LogP contribution >= 0.6 is 0 Å². The van der Waals surface area contributed by atoms with Gasteiger partial charge in [0.1, 0.15) is 0 Å². The number of hydrogen-bond acceptors (Lipinski definition) is 6. The second kappa shape index (κ2) is 4.72. The van der Waals surface area contributed by atoms with Crippen LogP contribution in [0, 0.1) is 0 Å². The van der Waals surface area contributed by atoms with Gasteiger partial charge in [0, 0.05) is 11.3 Å². The molecular formula is C10H6F3N3O4. The number of nitrogens with two attached hydrogens (primary N) is 1. The van der Waals surface area contributed by atoms with Crippen molar-refractivity contribution in [3.05, 3.63) is 34.8 Å². The molecule has 2 aromatic rings. The lowest BCUT2D eigenvalue weighted by Gasteiger charge is -2.07. The van der Waals surface area contributed by atoms with E-state index in [1.807, 2.05) is 0 Å². The second-order valence-corrected chi connectivity index (χ2v) is 3.55. The van der Waals surface area contributed by atoms with Crippen LogP contribution in [0.4, 0.5) is 18.9 Å². The highest BCUT2D eigenvalue weighted by atomic mass is 19.4. The maximum absolute atomic E-state index is 12.1. The number of hydrogen-bond donors (Lipinski definition) is 1. The number of rotatable bonds is 2. The molecule has 0 fully saturated rings. The highest BCUT2D eigenvalue weighted by Gasteiger charge is 2.43. The Morgan fingerprint density at radius 3 is 2.70 bits per heavy atom. The summed E-state index contributed by atoms with van der Waals surface area (Å²) in [7, 11) is 0. The third kappa shape index (κ3) is 2.79. The summed E-state index contributed by atoms with van der Waals surface area (Å²) in [6.45, 7) is 0. The van der Waals surface area contributed by atoms with Gasteiger partial charge in [0.15, 0.2) is 0 Å². The minimum absolute atomic E-state index is 0.00701. The summed E-state index contributed by atoms with van der Waals surface area (Å²) in [5.41, 5.74) is 5.90. The van der Waals surface area contributed by atoms with Crippen LogP contribution in [0.3, 0.4) is 0 Å². The summed E-state index contributed by atoms with van der Waals surface area (Å²) in [6.07, 6.45) is -5.24. The quantitative estimate of drug-likeness (QED) is 0.813. The highest BCUT2D eigenvalue weighted by Crippen LogP contribution is 2.20. The molecule has 0 amide bonds. The third-order valence-electron chi connectivity index (χ3n) is 2.07. The van der Waals surface area contributed by atoms with Crippen molar-refractivity contribution in [2.75, 3.05) is 5.73 Å². The number of carbonyl (C=O) groups is 1. The average Bonchev–Trinajstić information content (AvgIpc) is 2.69. The minimum atomic E-state index is -5.24. The summed E-state index contributed by atoms with van der Waals surface area (Å²) in [5, 5.41) is 0. The number of carbonyl (C=O) groups excluding carboxylic acids is 1. The lowest BCUT2D eigenvalue weighted by atomic mass is 10.2. The Morgan fingerprint density at radius 1 is 1.40 bits per heavy atom. The monoisotopic (exact) mass is 289 g/mol. The van der Waals surface area contributed by atoms with Crippen LogP contribution in [0.15, 0.2) is 33.6 Å². The molecule has 7 nitrogen and oxygen atoms in total. The molecule has 1 aromatic heterocycles. The number of halogens is 3. The Kier molecular flexibility index (Phi) is 3.22. The SMILES string of the molecule is Nc1cccc(-c2nc(=O)on2OC(=O)C(F)(F)F)c1. The normalized spacial score (nSPS) is 11.3. The molecule has 2 rings (SSSR count). The minimum Gasteiger partial charge on any atom is -0.399 e. The van der Waals surface area contributed by atoms with E-state index in [1.165, 1.54) is 24.3 Å². The van der Waals surface area contributed by atoms with Gasteiger partial charge in [-0.2, -0.15) is 13.2 Å². The fourth-order valence-corrected chi connectivity index (χ4v) is 1.30. The smallest absolute Gasteiger partial charge is 0.399 e. The molecule has 0 saturated heterocycles. The Morgan fingerprint density at radius 2 is 2.10 bits per heavy atom. The first-order valence-electron chi connectivity index (χ1n) is 5.03. The van der Waals surface area contributed by atoms with Gasteiger partial charge in [-0.3, -0.25) is 9.36 Å². The number of nitrogens with zero attached hydrogens (tertiary/aromatic N) is 2. The van der Waals surface area contributed by atoms with Crippen molar-refractivity contribution in [2.45, 2.75) is 6.18 Å². The van der Waals surface area contributed by atoms with Gasteiger partial charge in [-0.15, -0.1) is 4.98 Å². The van der Waals surface area contributed by atoms with Gasteiger partial charge in [0.25, 0.3) is 0 Å². The Balaban J connectivity index is 2.41. The van der Waals surface area contributed by atoms with Gasteiger partial charge in [0.2, 0.25) is 5.82 Å². The third-order valence-corrected chi connectivity index (χ3v) is 2.07. The Bertz CT molecular complexity index is 704. The average molecular weight is 289 g/mol. The summed E-state index contributed by atoms with van der Waals surface area (Å²) >= 11 is 0. The van der Waals surface area contributed by atoms with Crippen molar-refractivity contribution in [3.8, 4) is 11.4 Å². The van der Waals surface area contributed by atoms with Crippen LogP contribution in [0.2, 0.25) is 0 Å². The van der Waals surface area contributed by atoms with E-state index in [0.29, 0.717) is 0 Å². The van der Waals surface area contributed by atoms with Gasteiger partial charge >= 0.3 is 17.9 Å². The molecule has 0 radical (unpaired) electrons. The van der Waals surface area contributed by atoms with Crippen molar-refractivity contribution in [3.63, 3.8) is 0 Å². The van der Waals surface area contributed by atoms with Crippen molar-refractivity contribution in [2.24, 2.45) is 0 Å². The zero-order valence-corrected chi connectivity index (χ0v) is 9.55. The summed E-state index contributed by atoms with van der Waals surface area (Å²) in [6, 6.07) is 5.69. The first-order chi connectivity index (χ1) is 9.27. The molecular weight excluding hydrogens is 283 g/mol. The summed E-state index contributed by atoms with van der Waals surface area (Å²) in [5.74, 6) is -4.19. The van der Waals surface area contributed by atoms with Gasteiger partial charge in [-0.25, -0.2) is 9.59 Å². The molecule has 1 aromatic carbocycles. The molecule has 0 bridgehead atoms. The van der Waals surface area contributed by atoms with E-state index in [-0.39, 0.29) is 16.2 Å². The molecule has 0 aliphatic rings. The van der Waals surface area contributed by atoms with E-state index < -0.39 is 23.7 Å². The zero-order chi connectivity index (χ0) is 14.9. The van der Waals surface area contributed by atoms with Crippen molar-refractivity contribution in [1.29, 1.82) is 0 Å². The Hall–Kier alpha value is -2.78. The van der Waals surface area contributed by atoms with E-state index in [4.69, 9.17) is 5.73 Å². The molecule has 0 saturated carbocycles. The molecule has 106 valence electrons. The van der Waals surface area contributed by atoms with Crippen LogP contribution in [-0.2, 0) is 4.79 Å². The maximum Gasteiger partial charge on any atom is 0.493 e. The molecule has 0 unspecified atom stereocenters. The van der Waals surface area contributed by atoms with Gasteiger partial charge in [-0.05, 0) is 17.0 Å². The first kappa shape index (κ1) is 13.6. The van der Waals surface area contributed by atoms with E-state index in [1.54, 1.807) is 0 Å². The molecule has 0 atom stereocenters. The van der Waals surface area contributed by atoms with E-state index >= 15 is 0 Å². The number of aromatic nitrogens is 2. The number of nitrogen functional groups attached to an aromatic ring is 1. The van der Waals surface area contributed by atoms with Crippen LogP contribution in [-0.4, -0.2) is 22.0 Å². The summed E-state index contributed by atoms with van der Waals surface area (Å²) in [4.78, 5) is 28.9. The van der Waals surface area contributed by atoms with Crippen molar-refractivity contribution in [1.82, 2.24) is 9.89 Å².